The number of aromatic nitrogens is 2. The van der Waals surface area contributed by atoms with Gasteiger partial charge >= 0.3 is 0 Å². The monoisotopic (exact) mass is 280 g/mol. The lowest BCUT2D eigenvalue weighted by atomic mass is 10.2. The summed E-state index contributed by atoms with van der Waals surface area (Å²) in [6.45, 7) is 2.11. The Bertz CT molecular complexity index is 620. The Hall–Kier alpha value is -1.70. The molecule has 0 bridgehead atoms. The van der Waals surface area contributed by atoms with Crippen LogP contribution >= 0.6 is 0 Å². The number of hydrogen-bond acceptors (Lipinski definition) is 4. The van der Waals surface area contributed by atoms with Crippen molar-refractivity contribution in [3.63, 3.8) is 0 Å². The summed E-state index contributed by atoms with van der Waals surface area (Å²) in [4.78, 5) is 7.11. The highest BCUT2D eigenvalue weighted by Crippen LogP contribution is 2.14. The van der Waals surface area contributed by atoms with E-state index in [1.54, 1.807) is 43.6 Å². The molecule has 0 saturated heterocycles. The Labute approximate surface area is 112 Å². The van der Waals surface area contributed by atoms with Gasteiger partial charge in [-0.25, -0.2) is 18.1 Å². The van der Waals surface area contributed by atoms with E-state index in [2.05, 4.69) is 14.7 Å². The van der Waals surface area contributed by atoms with Crippen LogP contribution in [0.5, 0.6) is 0 Å². The molecule has 0 saturated carbocycles. The Morgan fingerprint density at radius 3 is 2.58 bits per heavy atom. The van der Waals surface area contributed by atoms with Crippen molar-refractivity contribution in [3.8, 4) is 0 Å². The highest BCUT2D eigenvalue weighted by atomic mass is 32.2. The van der Waals surface area contributed by atoms with Crippen molar-refractivity contribution in [2.75, 3.05) is 0 Å². The fraction of sp³-hybridized carbons (Fsp3) is 0.250. The molecule has 1 heterocycles. The molecule has 2 rings (SSSR count). The lowest BCUT2D eigenvalue weighted by Crippen LogP contribution is -2.27. The Kier molecular flexibility index (Phi) is 3.98. The van der Waals surface area contributed by atoms with Gasteiger partial charge in [0.15, 0.2) is 0 Å². The number of hydrogen-bond donors (Lipinski definition) is 3. The molecule has 102 valence electrons. The summed E-state index contributed by atoms with van der Waals surface area (Å²) in [5, 5.41) is 0. The maximum atomic E-state index is 12.2. The number of imidazole rings is 1. The van der Waals surface area contributed by atoms with E-state index < -0.39 is 16.1 Å². The number of benzene rings is 1. The molecule has 0 fully saturated rings. The zero-order valence-corrected chi connectivity index (χ0v) is 11.3. The number of nitrogens with zero attached hydrogens (tertiary/aromatic N) is 1. The van der Waals surface area contributed by atoms with Crippen LogP contribution in [0.3, 0.4) is 0 Å². The van der Waals surface area contributed by atoms with Crippen LogP contribution in [0.1, 0.15) is 24.4 Å². The van der Waals surface area contributed by atoms with Crippen LogP contribution in [0.15, 0.2) is 41.6 Å². The van der Waals surface area contributed by atoms with Crippen molar-refractivity contribution in [1.82, 2.24) is 14.7 Å². The van der Waals surface area contributed by atoms with Crippen molar-refractivity contribution in [2.45, 2.75) is 24.4 Å². The summed E-state index contributed by atoms with van der Waals surface area (Å²) < 4.78 is 26.9. The van der Waals surface area contributed by atoms with Gasteiger partial charge in [0, 0.05) is 18.9 Å². The average molecular weight is 280 g/mol. The topological polar surface area (TPSA) is 101 Å². The Morgan fingerprint density at radius 2 is 2.05 bits per heavy atom. The first-order valence-corrected chi connectivity index (χ1v) is 7.32. The fourth-order valence-corrected chi connectivity index (χ4v) is 2.88. The molecule has 0 aliphatic rings. The largest absolute Gasteiger partial charge is 0.347 e. The molecular weight excluding hydrogens is 264 g/mol. The minimum atomic E-state index is -3.56. The van der Waals surface area contributed by atoms with E-state index in [9.17, 15) is 8.42 Å². The quantitative estimate of drug-likeness (QED) is 0.757. The van der Waals surface area contributed by atoms with E-state index >= 15 is 0 Å². The van der Waals surface area contributed by atoms with Gasteiger partial charge in [0.1, 0.15) is 5.82 Å². The van der Waals surface area contributed by atoms with Gasteiger partial charge in [-0.05, 0) is 24.6 Å². The van der Waals surface area contributed by atoms with Gasteiger partial charge in [-0.2, -0.15) is 0 Å². The van der Waals surface area contributed by atoms with E-state index in [0.29, 0.717) is 12.4 Å². The van der Waals surface area contributed by atoms with Crippen LogP contribution in [0.4, 0.5) is 0 Å². The van der Waals surface area contributed by atoms with Crippen molar-refractivity contribution < 1.29 is 8.42 Å². The number of nitrogens with one attached hydrogen (secondary N) is 2. The third-order valence-electron chi connectivity index (χ3n) is 2.73. The summed E-state index contributed by atoms with van der Waals surface area (Å²) >= 11 is 0. The molecule has 19 heavy (non-hydrogen) atoms. The van der Waals surface area contributed by atoms with Gasteiger partial charge in [0.05, 0.1) is 10.9 Å². The zero-order valence-electron chi connectivity index (χ0n) is 10.5. The molecular formula is C12H16N4O2S. The molecule has 1 atom stereocenters. The Balaban J connectivity index is 2.17. The van der Waals surface area contributed by atoms with Crippen LogP contribution in [0.2, 0.25) is 0 Å². The van der Waals surface area contributed by atoms with E-state index in [-0.39, 0.29) is 4.90 Å². The second-order valence-electron chi connectivity index (χ2n) is 4.17. The van der Waals surface area contributed by atoms with Gasteiger partial charge in [-0.1, -0.05) is 12.1 Å². The molecule has 0 spiro atoms. The summed E-state index contributed by atoms with van der Waals surface area (Å²) in [6.07, 6.45) is 3.23. The second-order valence-corrected chi connectivity index (χ2v) is 5.88. The highest BCUT2D eigenvalue weighted by Gasteiger charge is 2.19. The molecule has 1 aromatic carbocycles. The molecule has 1 unspecified atom stereocenters. The third-order valence-corrected chi connectivity index (χ3v) is 4.29. The molecule has 0 aliphatic heterocycles. The van der Waals surface area contributed by atoms with Crippen LogP contribution in [-0.2, 0) is 16.6 Å². The van der Waals surface area contributed by atoms with Crippen LogP contribution in [0.25, 0.3) is 0 Å². The summed E-state index contributed by atoms with van der Waals surface area (Å²) in [6, 6.07) is 6.06. The minimum absolute atomic E-state index is 0.211. The lowest BCUT2D eigenvalue weighted by molar-refractivity contribution is 0.561. The van der Waals surface area contributed by atoms with Gasteiger partial charge < -0.3 is 10.7 Å². The standard InChI is InChI=1S/C12H16N4O2S/c1-9(12-14-6-7-15-12)16-19(17,18)11-4-2-10(8-13)3-5-11/h2-7,9,16H,8,13H2,1H3,(H,14,15). The van der Waals surface area contributed by atoms with Crippen molar-refractivity contribution in [2.24, 2.45) is 5.73 Å². The number of sulfonamides is 1. The average Bonchev–Trinajstić information content (AvgIpc) is 2.92. The third kappa shape index (κ3) is 3.19. The number of H-pyrrole nitrogens is 1. The van der Waals surface area contributed by atoms with Crippen molar-refractivity contribution in [1.29, 1.82) is 0 Å². The van der Waals surface area contributed by atoms with Gasteiger partial charge in [0.25, 0.3) is 0 Å². The van der Waals surface area contributed by atoms with Crippen LogP contribution in [0, 0.1) is 0 Å². The highest BCUT2D eigenvalue weighted by molar-refractivity contribution is 7.89. The predicted octanol–water partition coefficient (Wildman–Crippen LogP) is 0.908. The summed E-state index contributed by atoms with van der Waals surface area (Å²) in [5.74, 6) is 0.571. The lowest BCUT2D eigenvalue weighted by Gasteiger charge is -2.12. The van der Waals surface area contributed by atoms with E-state index in [4.69, 9.17) is 5.73 Å². The molecule has 0 amide bonds. The number of rotatable bonds is 5. The van der Waals surface area contributed by atoms with Gasteiger partial charge in [-0.15, -0.1) is 0 Å². The maximum Gasteiger partial charge on any atom is 0.241 e. The van der Waals surface area contributed by atoms with Crippen LogP contribution < -0.4 is 10.5 Å². The maximum absolute atomic E-state index is 12.2. The molecule has 4 N–H and O–H groups in total. The van der Waals surface area contributed by atoms with E-state index in [0.717, 1.165) is 5.56 Å². The summed E-state index contributed by atoms with van der Waals surface area (Å²) in [5.41, 5.74) is 6.36. The van der Waals surface area contributed by atoms with Crippen LogP contribution in [-0.4, -0.2) is 18.4 Å². The zero-order chi connectivity index (χ0) is 13.9. The fourth-order valence-electron chi connectivity index (χ4n) is 1.68. The summed E-state index contributed by atoms with van der Waals surface area (Å²) in [7, 11) is -3.56. The molecule has 1 aromatic heterocycles. The van der Waals surface area contributed by atoms with E-state index in [1.165, 1.54) is 0 Å². The minimum Gasteiger partial charge on any atom is -0.347 e. The van der Waals surface area contributed by atoms with Gasteiger partial charge in [-0.3, -0.25) is 0 Å². The SMILES string of the molecule is CC(NS(=O)(=O)c1ccc(CN)cc1)c1ncc[nH]1. The number of aromatic amines is 1. The molecule has 0 radical (unpaired) electrons. The first kappa shape index (κ1) is 13.7. The van der Waals surface area contributed by atoms with Crippen molar-refractivity contribution >= 4 is 10.0 Å². The first-order chi connectivity index (χ1) is 9.03. The normalized spacial score (nSPS) is 13.4. The molecule has 6 nitrogen and oxygen atoms in total. The first-order valence-electron chi connectivity index (χ1n) is 5.83. The predicted molar refractivity (Wildman–Crippen MR) is 71.7 cm³/mol. The molecule has 2 aromatic rings. The smallest absolute Gasteiger partial charge is 0.241 e. The molecule has 7 heteroatoms. The van der Waals surface area contributed by atoms with E-state index in [1.807, 2.05) is 0 Å². The molecule has 0 aliphatic carbocycles. The second kappa shape index (κ2) is 5.52. The Morgan fingerprint density at radius 1 is 1.37 bits per heavy atom. The number of nitrogens with two attached hydrogens (primary N) is 1. The van der Waals surface area contributed by atoms with Crippen molar-refractivity contribution in [3.05, 3.63) is 48.0 Å². The van der Waals surface area contributed by atoms with Gasteiger partial charge in [0.2, 0.25) is 10.0 Å².